The molecule has 6 nitrogen and oxygen atoms in total. The van der Waals surface area contributed by atoms with Crippen LogP contribution in [0, 0.1) is 32.6 Å². The van der Waals surface area contributed by atoms with Crippen molar-refractivity contribution in [2.75, 3.05) is 18.4 Å². The van der Waals surface area contributed by atoms with E-state index in [9.17, 15) is 13.2 Å². The summed E-state index contributed by atoms with van der Waals surface area (Å²) in [4.78, 5) is 13.1. The molecule has 1 aliphatic rings. The van der Waals surface area contributed by atoms with Crippen molar-refractivity contribution in [2.45, 2.75) is 45.9 Å². The summed E-state index contributed by atoms with van der Waals surface area (Å²) in [6.45, 7) is 11.0. The molecule has 7 heteroatoms. The molecule has 2 aromatic carbocycles. The lowest BCUT2D eigenvalue weighted by molar-refractivity contribution is 0.0998. The van der Waals surface area contributed by atoms with Crippen molar-refractivity contribution in [2.24, 2.45) is 11.8 Å². The van der Waals surface area contributed by atoms with Crippen LogP contribution in [0.4, 0.5) is 5.69 Å². The van der Waals surface area contributed by atoms with E-state index in [1.165, 1.54) is 0 Å². The predicted octanol–water partition coefficient (Wildman–Crippen LogP) is 5.28. The molecule has 0 aliphatic carbocycles. The highest BCUT2D eigenvalue weighted by atomic mass is 32.2. The highest BCUT2D eigenvalue weighted by molar-refractivity contribution is 7.89. The molecule has 0 radical (unpaired) electrons. The number of amides is 1. The third-order valence-corrected chi connectivity index (χ3v) is 8.18. The highest BCUT2D eigenvalue weighted by Gasteiger charge is 2.32. The molecule has 0 bridgehead atoms. The summed E-state index contributed by atoms with van der Waals surface area (Å²) in [7, 11) is -3.61. The summed E-state index contributed by atoms with van der Waals surface area (Å²) in [6.07, 6.45) is 1.03. The van der Waals surface area contributed by atoms with Crippen LogP contribution in [0.25, 0.3) is 11.0 Å². The van der Waals surface area contributed by atoms with E-state index in [1.807, 2.05) is 32.0 Å². The second-order valence-corrected chi connectivity index (χ2v) is 11.2. The first-order valence-electron chi connectivity index (χ1n) is 11.0. The van der Waals surface area contributed by atoms with Crippen LogP contribution < -0.4 is 5.32 Å². The number of nitrogens with zero attached hydrogens (tertiary/aromatic N) is 1. The number of carbonyl (C=O) groups excluding carboxylic acids is 1. The second-order valence-electron chi connectivity index (χ2n) is 9.24. The second kappa shape index (κ2) is 8.37. The van der Waals surface area contributed by atoms with Gasteiger partial charge in [-0.25, -0.2) is 8.42 Å². The molecule has 4 rings (SSSR count). The van der Waals surface area contributed by atoms with Gasteiger partial charge in [0.25, 0.3) is 5.91 Å². The summed E-state index contributed by atoms with van der Waals surface area (Å²) in [5, 5.41) is 3.51. The molecule has 32 heavy (non-hydrogen) atoms. The normalized spacial score (nSPS) is 19.9. The van der Waals surface area contributed by atoms with Gasteiger partial charge in [-0.15, -0.1) is 0 Å². The zero-order valence-corrected chi connectivity index (χ0v) is 20.0. The van der Waals surface area contributed by atoms with Crippen LogP contribution in [0.15, 0.2) is 45.7 Å². The first kappa shape index (κ1) is 22.6. The minimum absolute atomic E-state index is 0.188. The Balaban J connectivity index is 1.65. The molecule has 2 atom stereocenters. The largest absolute Gasteiger partial charge is 0.451 e. The van der Waals surface area contributed by atoms with Gasteiger partial charge in [0.1, 0.15) is 5.58 Å². The number of anilines is 1. The van der Waals surface area contributed by atoms with Gasteiger partial charge < -0.3 is 9.73 Å². The van der Waals surface area contributed by atoms with E-state index in [0.29, 0.717) is 47.1 Å². The van der Waals surface area contributed by atoms with Gasteiger partial charge in [-0.1, -0.05) is 19.9 Å². The van der Waals surface area contributed by atoms with Crippen molar-refractivity contribution in [1.29, 1.82) is 0 Å². The van der Waals surface area contributed by atoms with E-state index < -0.39 is 10.0 Å². The van der Waals surface area contributed by atoms with Gasteiger partial charge in [-0.3, -0.25) is 4.79 Å². The molecule has 1 amide bonds. The van der Waals surface area contributed by atoms with Crippen molar-refractivity contribution < 1.29 is 17.6 Å². The zero-order chi connectivity index (χ0) is 23.2. The van der Waals surface area contributed by atoms with Gasteiger partial charge in [0, 0.05) is 29.7 Å². The van der Waals surface area contributed by atoms with Gasteiger partial charge >= 0.3 is 0 Å². The van der Waals surface area contributed by atoms with Crippen LogP contribution in [-0.4, -0.2) is 31.7 Å². The summed E-state index contributed by atoms with van der Waals surface area (Å²) in [5.74, 6) is 0.486. The summed E-state index contributed by atoms with van der Waals surface area (Å²) in [5.41, 5.74) is 4.04. The highest BCUT2D eigenvalue weighted by Crippen LogP contribution is 2.31. The number of fused-ring (bicyclic) bond motifs is 1. The summed E-state index contributed by atoms with van der Waals surface area (Å²) < 4.78 is 34.0. The SMILES string of the molecule is Cc1ccc(NC(=O)c2oc3ccc(S(=O)(=O)N4CC(C)CC(C)C4)cc3c2C)cc1C. The maximum Gasteiger partial charge on any atom is 0.291 e. The Hall–Kier alpha value is -2.64. The number of hydrogen-bond acceptors (Lipinski definition) is 4. The number of piperidine rings is 1. The van der Waals surface area contributed by atoms with Gasteiger partial charge in [0.05, 0.1) is 4.90 Å². The van der Waals surface area contributed by atoms with Crippen LogP contribution >= 0.6 is 0 Å². The molecule has 1 saturated heterocycles. The molecule has 1 N–H and O–H groups in total. The van der Waals surface area contributed by atoms with Gasteiger partial charge in [-0.2, -0.15) is 4.31 Å². The first-order valence-corrected chi connectivity index (χ1v) is 12.4. The van der Waals surface area contributed by atoms with Crippen molar-refractivity contribution >= 4 is 32.6 Å². The smallest absolute Gasteiger partial charge is 0.291 e. The van der Waals surface area contributed by atoms with E-state index >= 15 is 0 Å². The van der Waals surface area contributed by atoms with Crippen LogP contribution in [0.3, 0.4) is 0 Å². The van der Waals surface area contributed by atoms with E-state index in [1.54, 1.807) is 29.4 Å². The number of furan rings is 1. The van der Waals surface area contributed by atoms with Gasteiger partial charge in [0.2, 0.25) is 10.0 Å². The fourth-order valence-corrected chi connectivity index (χ4v) is 6.24. The quantitative estimate of drug-likeness (QED) is 0.582. The molecule has 1 fully saturated rings. The van der Waals surface area contributed by atoms with Crippen molar-refractivity contribution in [3.05, 3.63) is 58.8 Å². The maximum atomic E-state index is 13.3. The third kappa shape index (κ3) is 4.19. The molecule has 2 unspecified atom stereocenters. The topological polar surface area (TPSA) is 79.6 Å². The minimum Gasteiger partial charge on any atom is -0.451 e. The Morgan fingerprint density at radius 1 is 1.00 bits per heavy atom. The molecule has 1 aromatic heterocycles. The number of carbonyl (C=O) groups is 1. The molecule has 3 aromatic rings. The Morgan fingerprint density at radius 3 is 2.34 bits per heavy atom. The van der Waals surface area contributed by atoms with Crippen molar-refractivity contribution in [1.82, 2.24) is 4.31 Å². The average molecular weight is 455 g/mol. The lowest BCUT2D eigenvalue weighted by atomic mass is 9.94. The van der Waals surface area contributed by atoms with Crippen LogP contribution in [0.5, 0.6) is 0 Å². The molecule has 2 heterocycles. The molecular weight excluding hydrogens is 424 g/mol. The third-order valence-electron chi connectivity index (χ3n) is 6.35. The van der Waals surface area contributed by atoms with Crippen LogP contribution in [-0.2, 0) is 10.0 Å². The van der Waals surface area contributed by atoms with Crippen molar-refractivity contribution in [3.8, 4) is 0 Å². The van der Waals surface area contributed by atoms with Crippen LogP contribution in [0.2, 0.25) is 0 Å². The number of benzene rings is 2. The minimum atomic E-state index is -3.61. The number of rotatable bonds is 4. The van der Waals surface area contributed by atoms with E-state index in [2.05, 4.69) is 19.2 Å². The van der Waals surface area contributed by atoms with Crippen LogP contribution in [0.1, 0.15) is 47.5 Å². The molecular formula is C25H30N2O4S. The fourth-order valence-electron chi connectivity index (χ4n) is 4.54. The molecule has 0 saturated carbocycles. The molecule has 170 valence electrons. The summed E-state index contributed by atoms with van der Waals surface area (Å²) in [6, 6.07) is 10.5. The Labute approximate surface area is 189 Å². The van der Waals surface area contributed by atoms with E-state index in [0.717, 1.165) is 17.5 Å². The lowest BCUT2D eigenvalue weighted by Gasteiger charge is -2.34. The zero-order valence-electron chi connectivity index (χ0n) is 19.2. The number of hydrogen-bond donors (Lipinski definition) is 1. The standard InChI is InChI=1S/C25H30N2O4S/c1-15-10-16(2)14-27(13-15)32(29,30)21-8-9-23-22(12-21)19(5)24(31-23)25(28)26-20-7-6-17(3)18(4)11-20/h6-9,11-12,15-16H,10,13-14H2,1-5H3,(H,26,28). The summed E-state index contributed by atoms with van der Waals surface area (Å²) >= 11 is 0. The Bertz CT molecular complexity index is 1280. The van der Waals surface area contributed by atoms with Crippen molar-refractivity contribution in [3.63, 3.8) is 0 Å². The monoisotopic (exact) mass is 454 g/mol. The average Bonchev–Trinajstić information content (AvgIpc) is 3.06. The van der Waals surface area contributed by atoms with E-state index in [-0.39, 0.29) is 16.6 Å². The number of aryl methyl sites for hydroxylation is 3. The van der Waals surface area contributed by atoms with E-state index in [4.69, 9.17) is 4.42 Å². The molecule has 1 aliphatic heterocycles. The predicted molar refractivity (Wildman–Crippen MR) is 127 cm³/mol. The molecule has 0 spiro atoms. The first-order chi connectivity index (χ1) is 15.1. The number of nitrogens with one attached hydrogen (secondary N) is 1. The Kier molecular flexibility index (Phi) is 5.90. The Morgan fingerprint density at radius 2 is 1.69 bits per heavy atom. The fraction of sp³-hybridized carbons (Fsp3) is 0.400. The number of sulfonamides is 1. The van der Waals surface area contributed by atoms with Gasteiger partial charge in [0.15, 0.2) is 5.76 Å². The van der Waals surface area contributed by atoms with Gasteiger partial charge in [-0.05, 0) is 80.5 Å². The maximum absolute atomic E-state index is 13.3. The lowest BCUT2D eigenvalue weighted by Crippen LogP contribution is -2.42.